The van der Waals surface area contributed by atoms with Gasteiger partial charge < -0.3 is 0 Å². The van der Waals surface area contributed by atoms with E-state index in [1.807, 2.05) is 0 Å². The third-order valence-electron chi connectivity index (χ3n) is 5.35. The van der Waals surface area contributed by atoms with Gasteiger partial charge in [0, 0.05) is 5.92 Å². The van der Waals surface area contributed by atoms with Gasteiger partial charge in [-0.3, -0.25) is 0 Å². The summed E-state index contributed by atoms with van der Waals surface area (Å²) in [6.07, 6.45) is 9.11. The minimum Gasteiger partial charge on any atom is -0.103 e. The van der Waals surface area contributed by atoms with Crippen molar-refractivity contribution in [1.29, 1.82) is 0 Å². The molecule has 0 spiro atoms. The molecule has 1 rings (SSSR count). The molecule has 0 saturated carbocycles. The lowest BCUT2D eigenvalue weighted by Crippen LogP contribution is -2.20. The van der Waals surface area contributed by atoms with Crippen LogP contribution >= 0.6 is 0 Å². The number of hydrogen-bond donors (Lipinski definition) is 0. The average Bonchev–Trinajstić information content (AvgIpc) is 3.05. The van der Waals surface area contributed by atoms with Crippen LogP contribution in [-0.2, 0) is 0 Å². The van der Waals surface area contributed by atoms with Crippen molar-refractivity contribution < 1.29 is 0 Å². The van der Waals surface area contributed by atoms with Crippen LogP contribution in [0.15, 0.2) is 48.1 Å². The van der Waals surface area contributed by atoms with Gasteiger partial charge in [0.1, 0.15) is 0 Å². The van der Waals surface area contributed by atoms with Gasteiger partial charge in [-0.1, -0.05) is 77.5 Å². The van der Waals surface area contributed by atoms with E-state index >= 15 is 0 Å². The zero-order valence-electron chi connectivity index (χ0n) is 16.8. The van der Waals surface area contributed by atoms with Crippen LogP contribution in [0.3, 0.4) is 0 Å². The van der Waals surface area contributed by atoms with E-state index < -0.39 is 0 Å². The lowest BCUT2D eigenvalue weighted by molar-refractivity contribution is 0.265. The molecule has 0 heterocycles. The molecular formula is C23H38. The fourth-order valence-electron chi connectivity index (χ4n) is 3.59. The van der Waals surface area contributed by atoms with Gasteiger partial charge in [0.15, 0.2) is 0 Å². The summed E-state index contributed by atoms with van der Waals surface area (Å²) in [5.74, 6) is 1.78. The van der Waals surface area contributed by atoms with Gasteiger partial charge in [-0.05, 0) is 54.9 Å². The molecule has 1 aliphatic rings. The van der Waals surface area contributed by atoms with Crippen molar-refractivity contribution >= 4 is 0 Å². The van der Waals surface area contributed by atoms with Crippen LogP contribution in [0.25, 0.3) is 0 Å². The van der Waals surface area contributed by atoms with Crippen molar-refractivity contribution in [3.05, 3.63) is 48.1 Å². The molecule has 130 valence electrons. The molecule has 0 nitrogen and oxygen atoms in total. The van der Waals surface area contributed by atoms with Crippen LogP contribution in [-0.4, -0.2) is 0 Å². The van der Waals surface area contributed by atoms with Gasteiger partial charge in [-0.2, -0.15) is 0 Å². The van der Waals surface area contributed by atoms with Gasteiger partial charge in [-0.25, -0.2) is 0 Å². The minimum atomic E-state index is 0.280. The highest BCUT2D eigenvalue weighted by Gasteiger charge is 2.41. The zero-order valence-corrected chi connectivity index (χ0v) is 16.8. The predicted octanol–water partition coefficient (Wildman–Crippen LogP) is 7.36. The summed E-state index contributed by atoms with van der Waals surface area (Å²) in [6.45, 7) is 26.6. The molecule has 0 aliphatic heterocycles. The Bertz CT molecular complexity index is 499. The number of rotatable bonds is 7. The lowest BCUT2D eigenvalue weighted by atomic mass is 9.75. The van der Waals surface area contributed by atoms with E-state index in [9.17, 15) is 0 Å². The normalized spacial score (nSPS) is 21.5. The van der Waals surface area contributed by atoms with Crippen molar-refractivity contribution in [1.82, 2.24) is 0 Å². The van der Waals surface area contributed by atoms with E-state index in [0.717, 1.165) is 0 Å². The standard InChI is InChI=1S/C23H38/c1-11-13-18(23(8,9)10)15-20-19(21(20)16(3)4)14-17(12-2)22(5,6)7/h11-13,17-19H,2-3,14-15H2,1,4-10H3. The average molecular weight is 315 g/mol. The highest BCUT2D eigenvalue weighted by Crippen LogP contribution is 2.53. The number of hydrogen-bond acceptors (Lipinski definition) is 0. The first-order valence-electron chi connectivity index (χ1n) is 9.07. The summed E-state index contributed by atoms with van der Waals surface area (Å²) in [5, 5.41) is 0. The fourth-order valence-corrected chi connectivity index (χ4v) is 3.59. The topological polar surface area (TPSA) is 0 Å². The van der Waals surface area contributed by atoms with Crippen LogP contribution in [0.4, 0.5) is 0 Å². The lowest BCUT2D eigenvalue weighted by Gasteiger charge is -2.30. The molecule has 0 saturated heterocycles. The van der Waals surface area contributed by atoms with Crippen LogP contribution in [0.1, 0.15) is 68.2 Å². The summed E-state index contributed by atoms with van der Waals surface area (Å²) in [4.78, 5) is 0. The van der Waals surface area contributed by atoms with E-state index in [4.69, 9.17) is 0 Å². The molecule has 0 aromatic rings. The second kappa shape index (κ2) is 7.24. The van der Waals surface area contributed by atoms with E-state index in [1.54, 1.807) is 11.1 Å². The van der Waals surface area contributed by atoms with E-state index in [2.05, 4.69) is 86.8 Å². The molecule has 0 aromatic heterocycles. The minimum absolute atomic E-state index is 0.280. The van der Waals surface area contributed by atoms with Crippen LogP contribution in [0.5, 0.6) is 0 Å². The Hall–Kier alpha value is -1.04. The van der Waals surface area contributed by atoms with Gasteiger partial charge in [-0.15, -0.1) is 6.58 Å². The maximum absolute atomic E-state index is 4.23. The first-order chi connectivity index (χ1) is 10.4. The van der Waals surface area contributed by atoms with Gasteiger partial charge in [0.2, 0.25) is 0 Å². The molecule has 1 aliphatic carbocycles. The summed E-state index contributed by atoms with van der Waals surface area (Å²) < 4.78 is 0. The van der Waals surface area contributed by atoms with E-state index in [0.29, 0.717) is 23.2 Å². The highest BCUT2D eigenvalue weighted by molar-refractivity contribution is 5.53. The SMILES string of the molecule is C=CC(CC1C(CC(C=CC)C(C)(C)C)=C1C(=C)C)C(C)(C)C. The molecule has 0 aromatic carbocycles. The molecular weight excluding hydrogens is 276 g/mol. The molecule has 3 atom stereocenters. The largest absolute Gasteiger partial charge is 0.103 e. The first-order valence-corrected chi connectivity index (χ1v) is 9.07. The van der Waals surface area contributed by atoms with Gasteiger partial charge in [0.05, 0.1) is 0 Å². The molecule has 0 N–H and O–H groups in total. The Morgan fingerprint density at radius 2 is 1.61 bits per heavy atom. The van der Waals surface area contributed by atoms with Gasteiger partial charge >= 0.3 is 0 Å². The Morgan fingerprint density at radius 1 is 1.09 bits per heavy atom. The van der Waals surface area contributed by atoms with Crippen LogP contribution < -0.4 is 0 Å². The molecule has 0 amide bonds. The van der Waals surface area contributed by atoms with Crippen molar-refractivity contribution in [2.45, 2.75) is 68.2 Å². The summed E-state index contributed by atoms with van der Waals surface area (Å²) >= 11 is 0. The summed E-state index contributed by atoms with van der Waals surface area (Å²) in [7, 11) is 0. The summed E-state index contributed by atoms with van der Waals surface area (Å²) in [5.41, 5.74) is 5.03. The zero-order chi connectivity index (χ0) is 18.0. The third kappa shape index (κ3) is 5.23. The molecule has 3 unspecified atom stereocenters. The predicted molar refractivity (Wildman–Crippen MR) is 105 cm³/mol. The van der Waals surface area contributed by atoms with E-state index in [-0.39, 0.29) is 5.41 Å². The first kappa shape index (κ1) is 20.0. The monoisotopic (exact) mass is 314 g/mol. The Morgan fingerprint density at radius 3 is 1.96 bits per heavy atom. The van der Waals surface area contributed by atoms with Crippen LogP contribution in [0.2, 0.25) is 0 Å². The van der Waals surface area contributed by atoms with Crippen molar-refractivity contribution in [3.63, 3.8) is 0 Å². The second-order valence-corrected chi connectivity index (χ2v) is 9.42. The molecule has 0 radical (unpaired) electrons. The Kier molecular flexibility index (Phi) is 6.30. The molecule has 0 heteroatoms. The molecule has 23 heavy (non-hydrogen) atoms. The maximum atomic E-state index is 4.23. The smallest absolute Gasteiger partial charge is 0.00625 e. The van der Waals surface area contributed by atoms with E-state index in [1.165, 1.54) is 18.4 Å². The fraction of sp³-hybridized carbons (Fsp3) is 0.652. The number of allylic oxidation sites excluding steroid dienone is 6. The maximum Gasteiger partial charge on any atom is 0.00625 e. The Balaban J connectivity index is 2.91. The van der Waals surface area contributed by atoms with Crippen LogP contribution in [0, 0.1) is 28.6 Å². The summed E-state index contributed by atoms with van der Waals surface area (Å²) in [6, 6.07) is 0. The van der Waals surface area contributed by atoms with Gasteiger partial charge in [0.25, 0.3) is 0 Å². The Labute approximate surface area is 145 Å². The molecule has 0 fully saturated rings. The van der Waals surface area contributed by atoms with Crippen molar-refractivity contribution in [2.75, 3.05) is 0 Å². The van der Waals surface area contributed by atoms with Crippen molar-refractivity contribution in [2.24, 2.45) is 28.6 Å². The molecule has 0 bridgehead atoms. The highest BCUT2D eigenvalue weighted by atomic mass is 14.5. The quantitative estimate of drug-likeness (QED) is 0.431. The third-order valence-corrected chi connectivity index (χ3v) is 5.35. The second-order valence-electron chi connectivity index (χ2n) is 9.42. The van der Waals surface area contributed by atoms with Crippen molar-refractivity contribution in [3.8, 4) is 0 Å².